The van der Waals surface area contributed by atoms with Crippen LogP contribution in [-0.4, -0.2) is 34.7 Å². The third-order valence-electron chi connectivity index (χ3n) is 3.88. The van der Waals surface area contributed by atoms with Gasteiger partial charge in [-0.05, 0) is 25.7 Å². The number of aliphatic carboxylic acids is 1. The van der Waals surface area contributed by atoms with Crippen molar-refractivity contribution in [2.75, 3.05) is 6.54 Å². The zero-order valence-corrected chi connectivity index (χ0v) is 13.5. The normalized spacial score (nSPS) is 21.3. The number of rotatable bonds is 5. The number of nitrogens with one attached hydrogen (secondary N) is 2. The summed E-state index contributed by atoms with van der Waals surface area (Å²) in [6.07, 6.45) is -1.97. The predicted octanol–water partition coefficient (Wildman–Crippen LogP) is 2.65. The van der Waals surface area contributed by atoms with Crippen LogP contribution in [0.3, 0.4) is 0 Å². The monoisotopic (exact) mass is 365 g/mol. The summed E-state index contributed by atoms with van der Waals surface area (Å²) >= 11 is 0.908. The number of nitrogens with zero attached hydrogens (tertiary/aromatic N) is 1. The number of urea groups is 1. The topological polar surface area (TPSA) is 91.3 Å². The zero-order valence-electron chi connectivity index (χ0n) is 12.7. The van der Waals surface area contributed by atoms with Crippen LogP contribution in [0.2, 0.25) is 0 Å². The van der Waals surface area contributed by atoms with Crippen molar-refractivity contribution in [3.8, 4) is 0 Å². The van der Waals surface area contributed by atoms with E-state index in [1.807, 2.05) is 0 Å². The number of carboxylic acids is 1. The molecule has 0 aliphatic heterocycles. The third kappa shape index (κ3) is 5.36. The summed E-state index contributed by atoms with van der Waals surface area (Å²) in [6.45, 7) is 0.182. The molecule has 0 aromatic carbocycles. The van der Waals surface area contributed by atoms with Crippen molar-refractivity contribution >= 4 is 23.3 Å². The number of hydrogen-bond acceptors (Lipinski definition) is 4. The average molecular weight is 365 g/mol. The number of amides is 2. The van der Waals surface area contributed by atoms with Crippen LogP contribution in [0.1, 0.15) is 36.4 Å². The number of carboxylic acid groups (broad SMARTS) is 1. The number of hydrogen-bond donors (Lipinski definition) is 3. The Morgan fingerprint density at radius 3 is 2.50 bits per heavy atom. The Morgan fingerprint density at radius 1 is 1.29 bits per heavy atom. The summed E-state index contributed by atoms with van der Waals surface area (Å²) in [5.74, 6) is -1.15. The van der Waals surface area contributed by atoms with Crippen LogP contribution in [0, 0.1) is 5.92 Å². The largest absolute Gasteiger partial charge is 0.481 e. The first-order valence-electron chi connectivity index (χ1n) is 7.54. The molecule has 1 aromatic rings. The van der Waals surface area contributed by atoms with Gasteiger partial charge in [-0.15, -0.1) is 11.3 Å². The van der Waals surface area contributed by atoms with Gasteiger partial charge >= 0.3 is 18.2 Å². The van der Waals surface area contributed by atoms with Gasteiger partial charge in [-0.25, -0.2) is 9.78 Å². The Bertz CT molecular complexity index is 583. The summed E-state index contributed by atoms with van der Waals surface area (Å²) in [4.78, 5) is 26.1. The van der Waals surface area contributed by atoms with Gasteiger partial charge in [0.15, 0.2) is 5.69 Å². The molecule has 2 rings (SSSR count). The number of carbonyl (C=O) groups excluding carboxylic acids is 1. The predicted molar refractivity (Wildman–Crippen MR) is 80.7 cm³/mol. The molecule has 1 aliphatic carbocycles. The Hall–Kier alpha value is -1.84. The van der Waals surface area contributed by atoms with Crippen LogP contribution in [0.5, 0.6) is 0 Å². The first kappa shape index (κ1) is 18.5. The minimum absolute atomic E-state index is 0.0719. The summed E-state index contributed by atoms with van der Waals surface area (Å²) in [6, 6.07) is -0.473. The van der Waals surface area contributed by atoms with Crippen LogP contribution in [0.25, 0.3) is 0 Å². The maximum Gasteiger partial charge on any atom is 0.434 e. The third-order valence-corrected chi connectivity index (χ3v) is 4.79. The fraction of sp³-hybridized carbons (Fsp3) is 0.643. The van der Waals surface area contributed by atoms with E-state index in [1.165, 1.54) is 0 Å². The quantitative estimate of drug-likeness (QED) is 0.748. The fourth-order valence-corrected chi connectivity index (χ4v) is 3.36. The van der Waals surface area contributed by atoms with Crippen molar-refractivity contribution in [2.24, 2.45) is 5.92 Å². The molecule has 0 spiro atoms. The highest BCUT2D eigenvalue weighted by molar-refractivity contribution is 7.09. The second-order valence-electron chi connectivity index (χ2n) is 5.66. The van der Waals surface area contributed by atoms with Gasteiger partial charge in [0.2, 0.25) is 0 Å². The molecule has 0 bridgehead atoms. The molecule has 0 saturated heterocycles. The van der Waals surface area contributed by atoms with Crippen LogP contribution < -0.4 is 10.6 Å². The molecule has 6 nitrogen and oxygen atoms in total. The number of halogens is 3. The SMILES string of the molecule is O=C(NCCc1nc(C(F)(F)F)cs1)NC1CCC(C(=O)O)CC1. The summed E-state index contributed by atoms with van der Waals surface area (Å²) in [7, 11) is 0. The van der Waals surface area contributed by atoms with E-state index >= 15 is 0 Å². The lowest BCUT2D eigenvalue weighted by Crippen LogP contribution is -2.44. The maximum absolute atomic E-state index is 12.4. The first-order valence-corrected chi connectivity index (χ1v) is 8.42. The van der Waals surface area contributed by atoms with E-state index < -0.39 is 23.9 Å². The van der Waals surface area contributed by atoms with Crippen molar-refractivity contribution in [1.29, 1.82) is 0 Å². The van der Waals surface area contributed by atoms with Gasteiger partial charge in [-0.2, -0.15) is 13.2 Å². The first-order chi connectivity index (χ1) is 11.3. The zero-order chi connectivity index (χ0) is 17.7. The van der Waals surface area contributed by atoms with E-state index in [0.29, 0.717) is 30.7 Å². The number of alkyl halides is 3. The minimum atomic E-state index is -4.45. The van der Waals surface area contributed by atoms with Crippen molar-refractivity contribution in [3.63, 3.8) is 0 Å². The lowest BCUT2D eigenvalue weighted by atomic mass is 9.86. The highest BCUT2D eigenvalue weighted by Gasteiger charge is 2.33. The molecule has 134 valence electrons. The minimum Gasteiger partial charge on any atom is -0.481 e. The number of thiazole rings is 1. The number of carbonyl (C=O) groups is 2. The molecule has 2 amide bonds. The van der Waals surface area contributed by atoms with Gasteiger partial charge in [0.1, 0.15) is 0 Å². The molecule has 24 heavy (non-hydrogen) atoms. The molecule has 0 radical (unpaired) electrons. The van der Waals surface area contributed by atoms with Crippen LogP contribution >= 0.6 is 11.3 Å². The fourth-order valence-electron chi connectivity index (χ4n) is 2.56. The van der Waals surface area contributed by atoms with Crippen molar-refractivity contribution in [2.45, 2.75) is 44.3 Å². The second-order valence-corrected chi connectivity index (χ2v) is 6.60. The van der Waals surface area contributed by atoms with Crippen LogP contribution in [0.15, 0.2) is 5.38 Å². The Morgan fingerprint density at radius 2 is 1.96 bits per heavy atom. The molecule has 0 unspecified atom stereocenters. The van der Waals surface area contributed by atoms with Crippen LogP contribution in [-0.2, 0) is 17.4 Å². The van der Waals surface area contributed by atoms with E-state index in [2.05, 4.69) is 15.6 Å². The lowest BCUT2D eigenvalue weighted by Gasteiger charge is -2.26. The molecule has 1 aromatic heterocycles. The molecule has 3 N–H and O–H groups in total. The average Bonchev–Trinajstić information content (AvgIpc) is 2.97. The van der Waals surface area contributed by atoms with Crippen LogP contribution in [0.4, 0.5) is 18.0 Å². The van der Waals surface area contributed by atoms with Crippen molar-refractivity contribution in [3.05, 3.63) is 16.1 Å². The van der Waals surface area contributed by atoms with Gasteiger partial charge < -0.3 is 15.7 Å². The smallest absolute Gasteiger partial charge is 0.434 e. The summed E-state index contributed by atoms with van der Waals surface area (Å²) in [5.41, 5.74) is -0.915. The summed E-state index contributed by atoms with van der Waals surface area (Å²) in [5, 5.41) is 15.5. The molecule has 1 saturated carbocycles. The molecule has 10 heteroatoms. The van der Waals surface area contributed by atoms with E-state index in [0.717, 1.165) is 16.7 Å². The molecular formula is C14H18F3N3O3S. The lowest BCUT2D eigenvalue weighted by molar-refractivity contribution is -0.143. The second kappa shape index (κ2) is 7.82. The van der Waals surface area contributed by atoms with Crippen molar-refractivity contribution < 1.29 is 27.9 Å². The Labute approximate surface area is 140 Å². The van der Waals surface area contributed by atoms with E-state index in [1.54, 1.807) is 0 Å². The highest BCUT2D eigenvalue weighted by atomic mass is 32.1. The molecule has 1 aliphatic rings. The maximum atomic E-state index is 12.4. The van der Waals surface area contributed by atoms with E-state index in [-0.39, 0.29) is 24.9 Å². The highest BCUT2D eigenvalue weighted by Crippen LogP contribution is 2.30. The molecule has 1 fully saturated rings. The Balaban J connectivity index is 1.67. The van der Waals surface area contributed by atoms with E-state index in [4.69, 9.17) is 5.11 Å². The standard InChI is InChI=1S/C14H18F3N3O3S/c15-14(16,17)10-7-24-11(20-10)5-6-18-13(23)19-9-3-1-8(2-4-9)12(21)22/h7-9H,1-6H2,(H,21,22)(H2,18,19,23). The van der Waals surface area contributed by atoms with Crippen molar-refractivity contribution in [1.82, 2.24) is 15.6 Å². The summed E-state index contributed by atoms with van der Waals surface area (Å²) < 4.78 is 37.3. The molecule has 1 heterocycles. The van der Waals surface area contributed by atoms with E-state index in [9.17, 15) is 22.8 Å². The number of aromatic nitrogens is 1. The molecular weight excluding hydrogens is 347 g/mol. The van der Waals surface area contributed by atoms with Gasteiger partial charge in [-0.1, -0.05) is 0 Å². The van der Waals surface area contributed by atoms with Gasteiger partial charge in [0.25, 0.3) is 0 Å². The van der Waals surface area contributed by atoms with Gasteiger partial charge in [0, 0.05) is 24.4 Å². The molecule has 0 atom stereocenters. The van der Waals surface area contributed by atoms with Gasteiger partial charge in [0.05, 0.1) is 10.9 Å². The Kier molecular flexibility index (Phi) is 6.03. The van der Waals surface area contributed by atoms with Gasteiger partial charge in [-0.3, -0.25) is 4.79 Å².